The second kappa shape index (κ2) is 12.7. The summed E-state index contributed by atoms with van der Waals surface area (Å²) < 4.78 is 11.3. The molecule has 0 radical (unpaired) electrons. The molecule has 1 amide bonds. The number of aromatic nitrogens is 2. The lowest BCUT2D eigenvalue weighted by molar-refractivity contribution is -0.139. The molecule has 0 aliphatic carbocycles. The van der Waals surface area contributed by atoms with Crippen molar-refractivity contribution in [3.63, 3.8) is 0 Å². The Bertz CT molecular complexity index is 1670. The van der Waals surface area contributed by atoms with Gasteiger partial charge in [0.2, 0.25) is 5.82 Å². The third kappa shape index (κ3) is 7.54. The Balaban J connectivity index is 1.19. The summed E-state index contributed by atoms with van der Waals surface area (Å²) in [5.41, 5.74) is 4.77. The van der Waals surface area contributed by atoms with E-state index >= 15 is 0 Å². The lowest BCUT2D eigenvalue weighted by atomic mass is 9.86. The Kier molecular flexibility index (Phi) is 8.66. The highest BCUT2D eigenvalue weighted by atomic mass is 16.5. The molecule has 5 rings (SSSR count). The third-order valence-electron chi connectivity index (χ3n) is 7.04. The van der Waals surface area contributed by atoms with E-state index in [0.29, 0.717) is 23.9 Å². The summed E-state index contributed by atoms with van der Waals surface area (Å²) in [5.74, 6) is -0.0227. The predicted octanol–water partition coefficient (Wildman–Crippen LogP) is 6.71. The molecule has 1 heterocycles. The van der Waals surface area contributed by atoms with Gasteiger partial charge in [-0.15, -0.1) is 0 Å². The van der Waals surface area contributed by atoms with Crippen LogP contribution in [0.3, 0.4) is 0 Å². The van der Waals surface area contributed by atoms with E-state index in [9.17, 15) is 14.7 Å². The Morgan fingerprint density at radius 1 is 0.837 bits per heavy atom. The average molecular weight is 576 g/mol. The highest BCUT2D eigenvalue weighted by molar-refractivity contribution is 5.96. The van der Waals surface area contributed by atoms with E-state index in [1.165, 1.54) is 0 Å². The van der Waals surface area contributed by atoms with Crippen molar-refractivity contribution >= 4 is 11.9 Å². The number of nitrogens with one attached hydrogen (secondary N) is 1. The zero-order chi connectivity index (χ0) is 30.4. The quantitative estimate of drug-likeness (QED) is 0.190. The predicted molar refractivity (Wildman–Crippen MR) is 164 cm³/mol. The van der Waals surface area contributed by atoms with Crippen molar-refractivity contribution in [2.24, 2.45) is 0 Å². The van der Waals surface area contributed by atoms with Gasteiger partial charge in [0.25, 0.3) is 11.8 Å². The lowest BCUT2D eigenvalue weighted by Gasteiger charge is -2.19. The molecule has 0 spiro atoms. The van der Waals surface area contributed by atoms with Crippen LogP contribution < -0.4 is 10.1 Å². The molecule has 0 saturated heterocycles. The van der Waals surface area contributed by atoms with Gasteiger partial charge in [0.1, 0.15) is 18.4 Å². The van der Waals surface area contributed by atoms with E-state index in [0.717, 1.165) is 33.6 Å². The molecule has 0 aliphatic heterocycles. The Hall–Kier alpha value is -5.24. The van der Waals surface area contributed by atoms with Gasteiger partial charge in [-0.05, 0) is 58.5 Å². The van der Waals surface area contributed by atoms with E-state index in [-0.39, 0.29) is 11.8 Å². The van der Waals surface area contributed by atoms with Crippen LogP contribution in [0, 0.1) is 0 Å². The summed E-state index contributed by atoms with van der Waals surface area (Å²) in [6, 6.07) is 30.7. The molecule has 4 aromatic carbocycles. The Labute approximate surface area is 250 Å². The maximum atomic E-state index is 12.8. The zero-order valence-corrected chi connectivity index (χ0v) is 24.3. The Morgan fingerprint density at radius 3 is 2.12 bits per heavy atom. The molecule has 2 N–H and O–H groups in total. The van der Waals surface area contributed by atoms with Gasteiger partial charge < -0.3 is 19.7 Å². The van der Waals surface area contributed by atoms with Gasteiger partial charge in [-0.2, -0.15) is 4.98 Å². The van der Waals surface area contributed by atoms with Crippen LogP contribution in [-0.2, 0) is 23.2 Å². The molecule has 1 aromatic heterocycles. The fourth-order valence-electron chi connectivity index (χ4n) is 4.48. The summed E-state index contributed by atoms with van der Waals surface area (Å²) in [4.78, 5) is 29.2. The van der Waals surface area contributed by atoms with Gasteiger partial charge in [0.05, 0.1) is 0 Å². The first-order chi connectivity index (χ1) is 20.7. The van der Waals surface area contributed by atoms with Gasteiger partial charge in [-0.1, -0.05) is 92.7 Å². The number of carboxylic acids is 1. The summed E-state index contributed by atoms with van der Waals surface area (Å²) in [6.45, 7) is 6.75. The number of rotatable bonds is 10. The number of hydrogen-bond donors (Lipinski definition) is 2. The van der Waals surface area contributed by atoms with Crippen LogP contribution >= 0.6 is 0 Å². The summed E-state index contributed by atoms with van der Waals surface area (Å²) in [7, 11) is 0. The molecule has 43 heavy (non-hydrogen) atoms. The van der Waals surface area contributed by atoms with Crippen LogP contribution in [0.5, 0.6) is 5.75 Å². The zero-order valence-electron chi connectivity index (χ0n) is 24.3. The molecule has 5 aromatic rings. The first-order valence-electron chi connectivity index (χ1n) is 14.0. The minimum Gasteiger partial charge on any atom is -0.489 e. The molecule has 8 nitrogen and oxygen atoms in total. The van der Waals surface area contributed by atoms with Crippen LogP contribution in [0.25, 0.3) is 22.8 Å². The molecular formula is C35H33N3O5. The van der Waals surface area contributed by atoms with Crippen molar-refractivity contribution in [3.8, 4) is 28.6 Å². The number of carbonyl (C=O) groups excluding carboxylic acids is 1. The van der Waals surface area contributed by atoms with Crippen LogP contribution in [0.4, 0.5) is 0 Å². The number of carboxylic acid groups (broad SMARTS) is 1. The van der Waals surface area contributed by atoms with Gasteiger partial charge in [0, 0.05) is 23.1 Å². The molecule has 0 aliphatic rings. The van der Waals surface area contributed by atoms with Gasteiger partial charge >= 0.3 is 5.97 Å². The molecule has 0 bridgehead atoms. The minimum atomic E-state index is -1.11. The molecular weight excluding hydrogens is 542 g/mol. The largest absolute Gasteiger partial charge is 0.489 e. The Morgan fingerprint density at radius 2 is 1.49 bits per heavy atom. The standard InChI is InChI=1S/C35H33N3O5/c1-35(2,3)28-17-13-26(14-18-28)32(39)36-30(34(40)41)21-23-9-11-25(12-10-23)31-37-33(43-38-31)27-15-19-29(20-16-27)42-22-24-7-5-4-6-8-24/h4-20,30H,21-22H2,1-3H3,(H,36,39)(H,40,41). The molecule has 0 fully saturated rings. The fourth-order valence-corrected chi connectivity index (χ4v) is 4.48. The monoisotopic (exact) mass is 575 g/mol. The van der Waals surface area contributed by atoms with Crippen molar-refractivity contribution in [2.45, 2.75) is 45.3 Å². The number of amides is 1. The summed E-state index contributed by atoms with van der Waals surface area (Å²) in [6.07, 6.45) is 0.123. The van der Waals surface area contributed by atoms with Crippen molar-refractivity contribution in [2.75, 3.05) is 0 Å². The number of nitrogens with zero attached hydrogens (tertiary/aromatic N) is 2. The highest BCUT2D eigenvalue weighted by Gasteiger charge is 2.22. The summed E-state index contributed by atoms with van der Waals surface area (Å²) in [5, 5.41) is 16.5. The van der Waals surface area contributed by atoms with Crippen molar-refractivity contribution in [3.05, 3.63) is 125 Å². The second-order valence-electron chi connectivity index (χ2n) is 11.3. The summed E-state index contributed by atoms with van der Waals surface area (Å²) >= 11 is 0. The van der Waals surface area contributed by atoms with Crippen molar-refractivity contribution < 1.29 is 24.0 Å². The van der Waals surface area contributed by atoms with Crippen LogP contribution in [0.15, 0.2) is 108 Å². The number of ether oxygens (including phenoxy) is 1. The van der Waals surface area contributed by atoms with Gasteiger partial charge in [0.15, 0.2) is 0 Å². The van der Waals surface area contributed by atoms with E-state index in [1.807, 2.05) is 66.7 Å². The molecule has 8 heteroatoms. The number of aliphatic carboxylic acids is 1. The first-order valence-corrected chi connectivity index (χ1v) is 14.0. The molecule has 218 valence electrons. The van der Waals surface area contributed by atoms with E-state index in [2.05, 4.69) is 36.2 Å². The number of carbonyl (C=O) groups is 2. The molecule has 1 atom stereocenters. The molecule has 0 saturated carbocycles. The van der Waals surface area contributed by atoms with E-state index in [1.54, 1.807) is 36.4 Å². The SMILES string of the molecule is CC(C)(C)c1ccc(C(=O)NC(Cc2ccc(-c3noc(-c4ccc(OCc5ccccc5)cc4)n3)cc2)C(=O)O)cc1. The van der Waals surface area contributed by atoms with E-state index in [4.69, 9.17) is 9.26 Å². The van der Waals surface area contributed by atoms with Crippen LogP contribution in [0.1, 0.15) is 47.8 Å². The van der Waals surface area contributed by atoms with Crippen LogP contribution in [-0.4, -0.2) is 33.2 Å². The van der Waals surface area contributed by atoms with Crippen molar-refractivity contribution in [1.82, 2.24) is 15.5 Å². The number of benzene rings is 4. The topological polar surface area (TPSA) is 115 Å². The van der Waals surface area contributed by atoms with Crippen molar-refractivity contribution in [1.29, 1.82) is 0 Å². The maximum absolute atomic E-state index is 12.8. The smallest absolute Gasteiger partial charge is 0.326 e. The van der Waals surface area contributed by atoms with Gasteiger partial charge in [-0.25, -0.2) is 4.79 Å². The highest BCUT2D eigenvalue weighted by Crippen LogP contribution is 2.25. The second-order valence-corrected chi connectivity index (χ2v) is 11.3. The lowest BCUT2D eigenvalue weighted by Crippen LogP contribution is -2.42. The van der Waals surface area contributed by atoms with Crippen LogP contribution in [0.2, 0.25) is 0 Å². The normalized spacial score (nSPS) is 12.0. The van der Waals surface area contributed by atoms with Gasteiger partial charge in [-0.3, -0.25) is 4.79 Å². The fraction of sp³-hybridized carbons (Fsp3) is 0.200. The maximum Gasteiger partial charge on any atom is 0.326 e. The third-order valence-corrected chi connectivity index (χ3v) is 7.04. The number of hydrogen-bond acceptors (Lipinski definition) is 6. The van der Waals surface area contributed by atoms with E-state index < -0.39 is 17.9 Å². The average Bonchev–Trinajstić information content (AvgIpc) is 3.51. The minimum absolute atomic E-state index is 0.0440. The molecule has 1 unspecified atom stereocenters. The first kappa shape index (κ1) is 29.3.